The molecule has 7 heteroatoms. The maximum Gasteiger partial charge on any atom is 0.349 e. The molecule has 4 amide bonds. The van der Waals surface area contributed by atoms with Crippen molar-refractivity contribution in [2.24, 2.45) is 5.92 Å². The van der Waals surface area contributed by atoms with Gasteiger partial charge >= 0.3 is 6.03 Å². The van der Waals surface area contributed by atoms with E-state index < -0.39 is 23.9 Å². The molecule has 0 fully saturated rings. The van der Waals surface area contributed by atoms with Crippen LogP contribution in [0.5, 0.6) is 0 Å². The number of imide groups is 1. The molecule has 0 aromatic heterocycles. The lowest BCUT2D eigenvalue weighted by Gasteiger charge is -2.20. The van der Waals surface area contributed by atoms with Crippen LogP contribution in [0.3, 0.4) is 0 Å². The molecule has 0 saturated heterocycles. The number of carbonyl (C=O) groups excluding carboxylic acids is 3. The highest BCUT2D eigenvalue weighted by atomic mass is 16.5. The summed E-state index contributed by atoms with van der Waals surface area (Å²) in [5.74, 6) is -0.649. The van der Waals surface area contributed by atoms with Gasteiger partial charge in [-0.25, -0.2) is 4.79 Å². The predicted octanol–water partition coefficient (Wildman–Crippen LogP) is 2.10. The Morgan fingerprint density at radius 3 is 2.36 bits per heavy atom. The van der Waals surface area contributed by atoms with Gasteiger partial charge in [-0.05, 0) is 17.9 Å². The number of rotatable bonds is 8. The van der Waals surface area contributed by atoms with Gasteiger partial charge in [0.05, 0.1) is 0 Å². The van der Waals surface area contributed by atoms with Crippen molar-refractivity contribution in [3.63, 3.8) is 0 Å². The number of amides is 4. The van der Waals surface area contributed by atoms with Crippen molar-refractivity contribution < 1.29 is 19.6 Å². The highest BCUT2D eigenvalue weighted by Crippen LogP contribution is 2.08. The first kappa shape index (κ1) is 20.6. The van der Waals surface area contributed by atoms with Crippen LogP contribution in [0.25, 0.3) is 0 Å². The fraction of sp³-hybridized carbons (Fsp3) is 0.500. The third-order valence-electron chi connectivity index (χ3n) is 3.74. The maximum absolute atomic E-state index is 12.1. The maximum atomic E-state index is 12.1. The van der Waals surface area contributed by atoms with Gasteiger partial charge in [-0.15, -0.1) is 5.06 Å². The van der Waals surface area contributed by atoms with E-state index in [1.807, 2.05) is 44.2 Å². The predicted molar refractivity (Wildman–Crippen MR) is 93.9 cm³/mol. The van der Waals surface area contributed by atoms with Gasteiger partial charge in [0.1, 0.15) is 6.04 Å². The molecule has 7 nitrogen and oxygen atoms in total. The highest BCUT2D eigenvalue weighted by molar-refractivity contribution is 5.95. The Labute approximate surface area is 148 Å². The molecule has 0 saturated carbocycles. The van der Waals surface area contributed by atoms with Crippen molar-refractivity contribution in [3.05, 3.63) is 35.9 Å². The summed E-state index contributed by atoms with van der Waals surface area (Å²) in [6, 6.07) is 7.27. The van der Waals surface area contributed by atoms with Crippen molar-refractivity contribution in [2.45, 2.75) is 45.6 Å². The zero-order valence-electron chi connectivity index (χ0n) is 15.0. The number of hydroxylamine groups is 2. The largest absolute Gasteiger partial charge is 0.357 e. The molecule has 138 valence electrons. The smallest absolute Gasteiger partial charge is 0.349 e. The van der Waals surface area contributed by atoms with Crippen LogP contribution < -0.4 is 10.6 Å². The first-order valence-corrected chi connectivity index (χ1v) is 8.43. The van der Waals surface area contributed by atoms with E-state index in [0.717, 1.165) is 12.0 Å². The summed E-state index contributed by atoms with van der Waals surface area (Å²) in [6.07, 6.45) is 1.74. The Morgan fingerprint density at radius 1 is 1.16 bits per heavy atom. The summed E-state index contributed by atoms with van der Waals surface area (Å²) in [5.41, 5.74) is 0.851. The monoisotopic (exact) mass is 349 g/mol. The number of nitrogens with zero attached hydrogens (tertiary/aromatic N) is 1. The zero-order chi connectivity index (χ0) is 18.8. The zero-order valence-corrected chi connectivity index (χ0v) is 15.0. The molecule has 3 N–H and O–H groups in total. The molecule has 0 spiro atoms. The number of nitrogens with one attached hydrogen (secondary N) is 2. The molecule has 0 radical (unpaired) electrons. The summed E-state index contributed by atoms with van der Waals surface area (Å²) in [5, 5.41) is 14.7. The fourth-order valence-electron chi connectivity index (χ4n) is 2.32. The van der Waals surface area contributed by atoms with E-state index in [1.54, 1.807) is 0 Å². The van der Waals surface area contributed by atoms with Crippen LogP contribution in [0.1, 0.15) is 38.7 Å². The third kappa shape index (κ3) is 7.34. The van der Waals surface area contributed by atoms with Crippen molar-refractivity contribution in [1.82, 2.24) is 15.7 Å². The SMILES string of the molecule is CNC(=O)[C@H](Cc1ccccc1)NC(=O)N(O)C(=O)CCCC(C)C. The third-order valence-corrected chi connectivity index (χ3v) is 3.74. The van der Waals surface area contributed by atoms with Crippen LogP contribution in [0, 0.1) is 5.92 Å². The second-order valence-electron chi connectivity index (χ2n) is 6.30. The highest BCUT2D eigenvalue weighted by Gasteiger charge is 2.25. The van der Waals surface area contributed by atoms with Gasteiger partial charge in [0.15, 0.2) is 0 Å². The molecule has 1 aromatic rings. The first-order chi connectivity index (χ1) is 11.8. The van der Waals surface area contributed by atoms with Crippen LogP contribution in [-0.2, 0) is 16.0 Å². The lowest BCUT2D eigenvalue weighted by atomic mass is 10.1. The van der Waals surface area contributed by atoms with Crippen molar-refractivity contribution in [1.29, 1.82) is 0 Å². The summed E-state index contributed by atoms with van der Waals surface area (Å²) in [4.78, 5) is 35.9. The number of urea groups is 1. The van der Waals surface area contributed by atoms with E-state index in [-0.39, 0.29) is 17.9 Å². The molecule has 1 atom stereocenters. The van der Waals surface area contributed by atoms with E-state index >= 15 is 0 Å². The standard InChI is InChI=1S/C18H27N3O4/c1-13(2)8-7-11-16(22)21(25)18(24)20-15(17(23)19-3)12-14-9-5-4-6-10-14/h4-6,9-10,13,15,25H,7-8,11-12H2,1-3H3,(H,19,23)(H,20,24)/t15-/m0/s1. The summed E-state index contributed by atoms with van der Waals surface area (Å²) < 4.78 is 0. The second kappa shape index (κ2) is 10.5. The summed E-state index contributed by atoms with van der Waals surface area (Å²) >= 11 is 0. The van der Waals surface area contributed by atoms with E-state index in [9.17, 15) is 19.6 Å². The molecule has 0 heterocycles. The summed E-state index contributed by atoms with van der Waals surface area (Å²) in [6.45, 7) is 4.07. The van der Waals surface area contributed by atoms with Gasteiger partial charge in [0.25, 0.3) is 5.91 Å². The van der Waals surface area contributed by atoms with E-state index in [1.165, 1.54) is 7.05 Å². The molecular formula is C18H27N3O4. The molecule has 0 bridgehead atoms. The second-order valence-corrected chi connectivity index (χ2v) is 6.30. The lowest BCUT2D eigenvalue weighted by Crippen LogP contribution is -2.52. The normalized spacial score (nSPS) is 11.7. The Hall–Kier alpha value is -2.41. The molecule has 0 aliphatic carbocycles. The van der Waals surface area contributed by atoms with Crippen LogP contribution in [-0.4, -0.2) is 41.2 Å². The Morgan fingerprint density at radius 2 is 1.80 bits per heavy atom. The minimum atomic E-state index is -1.00. The van der Waals surface area contributed by atoms with Gasteiger partial charge in [0.2, 0.25) is 5.91 Å². The van der Waals surface area contributed by atoms with Crippen molar-refractivity contribution >= 4 is 17.8 Å². The average Bonchev–Trinajstić information content (AvgIpc) is 2.60. The van der Waals surface area contributed by atoms with E-state index in [4.69, 9.17) is 0 Å². The fourth-order valence-corrected chi connectivity index (χ4v) is 2.32. The number of benzene rings is 1. The number of likely N-dealkylation sites (N-methyl/N-ethyl adjacent to an activating group) is 1. The quantitative estimate of drug-likeness (QED) is 0.494. The number of carbonyl (C=O) groups is 3. The Bertz CT molecular complexity index is 575. The molecule has 1 aromatic carbocycles. The van der Waals surface area contributed by atoms with Crippen LogP contribution in [0.4, 0.5) is 4.79 Å². The topological polar surface area (TPSA) is 98.7 Å². The molecular weight excluding hydrogens is 322 g/mol. The van der Waals surface area contributed by atoms with Crippen LogP contribution in [0.2, 0.25) is 0 Å². The lowest BCUT2D eigenvalue weighted by molar-refractivity contribution is -0.153. The van der Waals surface area contributed by atoms with Gasteiger partial charge in [-0.1, -0.05) is 50.6 Å². The Balaban J connectivity index is 2.64. The van der Waals surface area contributed by atoms with Gasteiger partial charge in [-0.2, -0.15) is 0 Å². The number of hydrogen-bond acceptors (Lipinski definition) is 4. The molecule has 25 heavy (non-hydrogen) atoms. The molecule has 0 aliphatic heterocycles. The van der Waals surface area contributed by atoms with Gasteiger partial charge in [0, 0.05) is 19.9 Å². The molecule has 0 aliphatic rings. The van der Waals surface area contributed by atoms with Gasteiger partial charge < -0.3 is 10.6 Å². The van der Waals surface area contributed by atoms with Crippen LogP contribution >= 0.6 is 0 Å². The average molecular weight is 349 g/mol. The van der Waals surface area contributed by atoms with Gasteiger partial charge in [-0.3, -0.25) is 14.8 Å². The van der Waals surface area contributed by atoms with Crippen LogP contribution in [0.15, 0.2) is 30.3 Å². The minimum absolute atomic E-state index is 0.0568. The first-order valence-electron chi connectivity index (χ1n) is 8.43. The Kier molecular flexibility index (Phi) is 8.63. The van der Waals surface area contributed by atoms with E-state index in [0.29, 0.717) is 12.3 Å². The number of hydrogen-bond donors (Lipinski definition) is 3. The van der Waals surface area contributed by atoms with Crippen molar-refractivity contribution in [3.8, 4) is 0 Å². The summed E-state index contributed by atoms with van der Waals surface area (Å²) in [7, 11) is 1.46. The van der Waals surface area contributed by atoms with Crippen molar-refractivity contribution in [2.75, 3.05) is 7.05 Å². The van der Waals surface area contributed by atoms with E-state index in [2.05, 4.69) is 10.6 Å². The minimum Gasteiger partial charge on any atom is -0.357 e. The molecule has 0 unspecified atom stereocenters. The molecule has 1 rings (SSSR count).